The van der Waals surface area contributed by atoms with Gasteiger partial charge >= 0.3 is 5.97 Å². The molecule has 1 aromatic carbocycles. The van der Waals surface area contributed by atoms with E-state index in [1.165, 1.54) is 5.56 Å². The smallest absolute Gasteiger partial charge is 0.336 e. The molecule has 0 saturated heterocycles. The topological polar surface area (TPSA) is 84.2 Å². The first-order valence-electron chi connectivity index (χ1n) is 10.7. The lowest BCUT2D eigenvalue weighted by atomic mass is 9.78. The molecule has 162 valence electrons. The monoisotopic (exact) mass is 419 g/mol. The molecule has 0 radical (unpaired) electrons. The van der Waals surface area contributed by atoms with Gasteiger partial charge in [0.05, 0.1) is 41.8 Å². The molecular weight excluding hydrogens is 390 g/mol. The van der Waals surface area contributed by atoms with E-state index in [4.69, 9.17) is 14.7 Å². The summed E-state index contributed by atoms with van der Waals surface area (Å²) in [6, 6.07) is 8.32. The zero-order valence-electron chi connectivity index (χ0n) is 18.8. The molecule has 0 fully saturated rings. The predicted molar refractivity (Wildman–Crippen MR) is 120 cm³/mol. The summed E-state index contributed by atoms with van der Waals surface area (Å²) in [5.74, 6) is -0.295. The second kappa shape index (κ2) is 9.65. The molecule has 1 atom stereocenters. The Balaban J connectivity index is 2.27. The van der Waals surface area contributed by atoms with Crippen LogP contribution in [0.1, 0.15) is 60.9 Å². The standard InChI is InChI=1S/C25H29N3O3/c1-6-18-13-15(3)9-10-19(18)21-20(25(29)31-12-8-11-26)17(5)28-23-16(4)14-27-24(22(21)23)30-7-2/h9-10,13-14,21,28H,6-8,12H2,1-5H3. The maximum absolute atomic E-state index is 13.2. The van der Waals surface area contributed by atoms with Gasteiger partial charge in [0.15, 0.2) is 0 Å². The minimum absolute atomic E-state index is 0.0601. The highest BCUT2D eigenvalue weighted by Gasteiger charge is 2.37. The maximum atomic E-state index is 13.2. The number of hydrogen-bond acceptors (Lipinski definition) is 6. The van der Waals surface area contributed by atoms with E-state index in [1.807, 2.05) is 26.8 Å². The van der Waals surface area contributed by atoms with Crippen molar-refractivity contribution in [3.63, 3.8) is 0 Å². The number of benzene rings is 1. The number of ether oxygens (including phenoxy) is 2. The van der Waals surface area contributed by atoms with E-state index >= 15 is 0 Å². The summed E-state index contributed by atoms with van der Waals surface area (Å²) >= 11 is 0. The summed E-state index contributed by atoms with van der Waals surface area (Å²) < 4.78 is 11.4. The third-order valence-electron chi connectivity index (χ3n) is 5.50. The number of pyridine rings is 1. The number of carbonyl (C=O) groups is 1. The normalized spacial score (nSPS) is 15.0. The SMILES string of the molecule is CCOc1ncc(C)c2c1C(c1ccc(C)cc1CC)C(C(=O)OCCC#N)=C(C)N2. The van der Waals surface area contributed by atoms with Crippen molar-refractivity contribution in [2.45, 2.75) is 53.4 Å². The van der Waals surface area contributed by atoms with Crippen LogP contribution in [0.25, 0.3) is 0 Å². The van der Waals surface area contributed by atoms with Crippen LogP contribution in [0.2, 0.25) is 0 Å². The lowest BCUT2D eigenvalue weighted by Gasteiger charge is -2.33. The number of fused-ring (bicyclic) bond motifs is 1. The van der Waals surface area contributed by atoms with Gasteiger partial charge in [-0.05, 0) is 50.8 Å². The zero-order valence-corrected chi connectivity index (χ0v) is 18.8. The van der Waals surface area contributed by atoms with Crippen molar-refractivity contribution in [3.05, 3.63) is 63.5 Å². The second-order valence-electron chi connectivity index (χ2n) is 7.66. The van der Waals surface area contributed by atoms with Crippen molar-refractivity contribution >= 4 is 11.7 Å². The van der Waals surface area contributed by atoms with Gasteiger partial charge < -0.3 is 14.8 Å². The first kappa shape index (κ1) is 22.4. The van der Waals surface area contributed by atoms with Gasteiger partial charge in [-0.3, -0.25) is 0 Å². The number of anilines is 1. The Bertz CT molecular complexity index is 1070. The van der Waals surface area contributed by atoms with Crippen LogP contribution in [0.5, 0.6) is 5.88 Å². The van der Waals surface area contributed by atoms with Gasteiger partial charge in [0.2, 0.25) is 5.88 Å². The summed E-state index contributed by atoms with van der Waals surface area (Å²) in [4.78, 5) is 17.8. The third-order valence-corrected chi connectivity index (χ3v) is 5.50. The Morgan fingerprint density at radius 3 is 2.71 bits per heavy atom. The van der Waals surface area contributed by atoms with Gasteiger partial charge in [-0.25, -0.2) is 9.78 Å². The highest BCUT2D eigenvalue weighted by Crippen LogP contribution is 2.48. The van der Waals surface area contributed by atoms with Crippen LogP contribution in [0.4, 0.5) is 5.69 Å². The molecule has 0 aliphatic carbocycles. The van der Waals surface area contributed by atoms with Crippen LogP contribution in [0, 0.1) is 25.2 Å². The fourth-order valence-corrected chi connectivity index (χ4v) is 4.08. The maximum Gasteiger partial charge on any atom is 0.336 e. The number of carbonyl (C=O) groups excluding carboxylic acids is 1. The van der Waals surface area contributed by atoms with E-state index in [-0.39, 0.29) is 18.9 Å². The molecule has 1 N–H and O–H groups in total. The molecule has 0 bridgehead atoms. The summed E-state index contributed by atoms with van der Waals surface area (Å²) in [5.41, 5.74) is 7.37. The first-order valence-corrected chi connectivity index (χ1v) is 10.7. The molecule has 1 aliphatic heterocycles. The average molecular weight is 420 g/mol. The van der Waals surface area contributed by atoms with E-state index in [0.717, 1.165) is 40.1 Å². The van der Waals surface area contributed by atoms with Gasteiger partial charge in [-0.2, -0.15) is 5.26 Å². The Morgan fingerprint density at radius 2 is 2.03 bits per heavy atom. The lowest BCUT2D eigenvalue weighted by molar-refractivity contribution is -0.139. The zero-order chi connectivity index (χ0) is 22.5. The van der Waals surface area contributed by atoms with Crippen LogP contribution < -0.4 is 10.1 Å². The Hall–Kier alpha value is -3.33. The van der Waals surface area contributed by atoms with Gasteiger partial charge in [-0.1, -0.05) is 30.7 Å². The van der Waals surface area contributed by atoms with Crippen LogP contribution >= 0.6 is 0 Å². The van der Waals surface area contributed by atoms with Crippen LogP contribution in [0.3, 0.4) is 0 Å². The van der Waals surface area contributed by atoms with E-state index in [2.05, 4.69) is 42.3 Å². The molecular formula is C25H29N3O3. The minimum Gasteiger partial charge on any atom is -0.478 e. The number of aromatic nitrogens is 1. The number of nitriles is 1. The molecule has 2 aromatic rings. The molecule has 1 aliphatic rings. The van der Waals surface area contributed by atoms with Gasteiger partial charge in [0.1, 0.15) is 6.61 Å². The second-order valence-corrected chi connectivity index (χ2v) is 7.66. The predicted octanol–water partition coefficient (Wildman–Crippen LogP) is 4.95. The molecule has 6 heteroatoms. The number of aryl methyl sites for hydroxylation is 3. The highest BCUT2D eigenvalue weighted by molar-refractivity contribution is 5.95. The Morgan fingerprint density at radius 1 is 1.26 bits per heavy atom. The molecule has 1 aromatic heterocycles. The fraction of sp³-hybridized carbons (Fsp3) is 0.400. The number of nitrogens with one attached hydrogen (secondary N) is 1. The van der Waals surface area contributed by atoms with Crippen molar-refractivity contribution in [3.8, 4) is 11.9 Å². The third kappa shape index (κ3) is 4.41. The molecule has 2 heterocycles. The molecule has 0 spiro atoms. The molecule has 1 unspecified atom stereocenters. The van der Waals surface area contributed by atoms with Gasteiger partial charge in [-0.15, -0.1) is 0 Å². The van der Waals surface area contributed by atoms with E-state index in [0.29, 0.717) is 18.1 Å². The number of hydrogen-bond donors (Lipinski definition) is 1. The average Bonchev–Trinajstić information content (AvgIpc) is 2.75. The first-order chi connectivity index (χ1) is 14.9. The van der Waals surface area contributed by atoms with Gasteiger partial charge in [0, 0.05) is 11.9 Å². The van der Waals surface area contributed by atoms with Crippen molar-refractivity contribution in [2.75, 3.05) is 18.5 Å². The van der Waals surface area contributed by atoms with Crippen molar-refractivity contribution in [1.29, 1.82) is 5.26 Å². The summed E-state index contributed by atoms with van der Waals surface area (Å²) in [5, 5.41) is 12.2. The van der Waals surface area contributed by atoms with Gasteiger partial charge in [0.25, 0.3) is 0 Å². The van der Waals surface area contributed by atoms with E-state index in [9.17, 15) is 4.79 Å². The number of nitrogens with zero attached hydrogens (tertiary/aromatic N) is 2. The number of esters is 1. The number of allylic oxidation sites excluding steroid dienone is 1. The summed E-state index contributed by atoms with van der Waals surface area (Å²) in [7, 11) is 0. The molecule has 3 rings (SSSR count). The van der Waals surface area contributed by atoms with Crippen molar-refractivity contribution in [2.24, 2.45) is 0 Å². The summed E-state index contributed by atoms with van der Waals surface area (Å²) in [6.07, 6.45) is 2.77. The lowest BCUT2D eigenvalue weighted by Crippen LogP contribution is -2.27. The van der Waals surface area contributed by atoms with Crippen LogP contribution in [-0.2, 0) is 16.0 Å². The quantitative estimate of drug-likeness (QED) is 0.505. The molecule has 0 saturated carbocycles. The Kier molecular flexibility index (Phi) is 6.96. The van der Waals surface area contributed by atoms with Crippen LogP contribution in [0.15, 0.2) is 35.7 Å². The largest absolute Gasteiger partial charge is 0.478 e. The molecule has 6 nitrogen and oxygen atoms in total. The van der Waals surface area contributed by atoms with Crippen molar-refractivity contribution < 1.29 is 14.3 Å². The fourth-order valence-electron chi connectivity index (χ4n) is 4.08. The molecule has 0 amide bonds. The van der Waals surface area contributed by atoms with E-state index < -0.39 is 5.97 Å². The Labute approximate surface area is 183 Å². The summed E-state index contributed by atoms with van der Waals surface area (Å²) in [6.45, 7) is 10.5. The van der Waals surface area contributed by atoms with Crippen LogP contribution in [-0.4, -0.2) is 24.2 Å². The highest BCUT2D eigenvalue weighted by atomic mass is 16.5. The molecule has 31 heavy (non-hydrogen) atoms. The number of rotatable bonds is 7. The van der Waals surface area contributed by atoms with Crippen molar-refractivity contribution in [1.82, 2.24) is 4.98 Å². The minimum atomic E-state index is -0.428. The van der Waals surface area contributed by atoms with E-state index in [1.54, 1.807) is 6.20 Å².